The predicted molar refractivity (Wildman–Crippen MR) is 90.0 cm³/mol. The van der Waals surface area contributed by atoms with Crippen molar-refractivity contribution >= 4 is 21.4 Å². The Balaban J connectivity index is 1.76. The molecule has 1 N–H and O–H groups in total. The maximum Gasteiger partial charge on any atom is 0.250 e. The van der Waals surface area contributed by atoms with Gasteiger partial charge in [-0.1, -0.05) is 6.92 Å². The molecule has 0 amide bonds. The van der Waals surface area contributed by atoms with Crippen molar-refractivity contribution in [1.29, 1.82) is 0 Å². The molecule has 1 fully saturated rings. The third-order valence-electron chi connectivity index (χ3n) is 3.69. The van der Waals surface area contributed by atoms with Gasteiger partial charge in [0.25, 0.3) is 0 Å². The molecule has 0 aliphatic carbocycles. The van der Waals surface area contributed by atoms with Crippen LogP contribution < -0.4 is 4.72 Å². The molecular weight excluding hydrogens is 320 g/mol. The van der Waals surface area contributed by atoms with Crippen LogP contribution in [0.1, 0.15) is 32.1 Å². The Bertz CT molecular complexity index is 561. The number of nitrogens with zero attached hydrogens (tertiary/aromatic N) is 1. The van der Waals surface area contributed by atoms with Crippen LogP contribution in [0.25, 0.3) is 0 Å². The van der Waals surface area contributed by atoms with E-state index in [0.717, 1.165) is 37.4 Å². The van der Waals surface area contributed by atoms with Gasteiger partial charge >= 0.3 is 0 Å². The Morgan fingerprint density at radius 3 is 2.59 bits per heavy atom. The Kier molecular flexibility index (Phi) is 6.40. The molecule has 1 aliphatic heterocycles. The van der Waals surface area contributed by atoms with Crippen LogP contribution in [0.5, 0.6) is 0 Å². The third kappa shape index (κ3) is 5.03. The summed E-state index contributed by atoms with van der Waals surface area (Å²) in [4.78, 5) is 3.43. The molecule has 2 heterocycles. The molecule has 5 nitrogen and oxygen atoms in total. The number of morpholine rings is 1. The van der Waals surface area contributed by atoms with Gasteiger partial charge in [-0.05, 0) is 45.4 Å². The zero-order valence-electron chi connectivity index (χ0n) is 13.5. The molecule has 0 radical (unpaired) electrons. The van der Waals surface area contributed by atoms with E-state index in [1.165, 1.54) is 11.3 Å². The molecule has 2 rings (SSSR count). The highest BCUT2D eigenvalue weighted by atomic mass is 32.2. The number of hydrogen-bond donors (Lipinski definition) is 1. The van der Waals surface area contributed by atoms with E-state index in [1.54, 1.807) is 6.07 Å². The van der Waals surface area contributed by atoms with Gasteiger partial charge in [0.2, 0.25) is 10.0 Å². The van der Waals surface area contributed by atoms with Crippen molar-refractivity contribution < 1.29 is 13.2 Å². The maximum absolute atomic E-state index is 12.2. The average Bonchev–Trinajstić information content (AvgIpc) is 2.92. The largest absolute Gasteiger partial charge is 0.373 e. The van der Waals surface area contributed by atoms with E-state index in [4.69, 9.17) is 4.74 Å². The fraction of sp³-hybridized carbons (Fsp3) is 0.733. The average molecular weight is 347 g/mol. The van der Waals surface area contributed by atoms with Crippen LogP contribution in [0.3, 0.4) is 0 Å². The highest BCUT2D eigenvalue weighted by Crippen LogP contribution is 2.21. The quantitative estimate of drug-likeness (QED) is 0.768. The molecule has 2 unspecified atom stereocenters. The van der Waals surface area contributed by atoms with Gasteiger partial charge in [0.15, 0.2) is 0 Å². The monoisotopic (exact) mass is 346 g/mol. The minimum absolute atomic E-state index is 0.249. The number of sulfonamides is 1. The van der Waals surface area contributed by atoms with Crippen LogP contribution >= 0.6 is 11.3 Å². The molecule has 7 heteroatoms. The minimum atomic E-state index is -3.35. The molecule has 0 saturated carbocycles. The van der Waals surface area contributed by atoms with Gasteiger partial charge in [0, 0.05) is 24.5 Å². The van der Waals surface area contributed by atoms with E-state index < -0.39 is 10.0 Å². The summed E-state index contributed by atoms with van der Waals surface area (Å²) >= 11 is 1.35. The zero-order chi connectivity index (χ0) is 16.2. The molecule has 22 heavy (non-hydrogen) atoms. The van der Waals surface area contributed by atoms with Crippen molar-refractivity contribution in [3.63, 3.8) is 0 Å². The zero-order valence-corrected chi connectivity index (χ0v) is 15.2. The second kappa shape index (κ2) is 7.88. The summed E-state index contributed by atoms with van der Waals surface area (Å²) in [6.07, 6.45) is 2.18. The number of rotatable bonds is 7. The summed E-state index contributed by atoms with van der Waals surface area (Å²) < 4.78 is 33.2. The fourth-order valence-corrected chi connectivity index (χ4v) is 5.15. The summed E-state index contributed by atoms with van der Waals surface area (Å²) in [5.41, 5.74) is 0. The van der Waals surface area contributed by atoms with Crippen molar-refractivity contribution in [1.82, 2.24) is 9.62 Å². The Morgan fingerprint density at radius 2 is 2.00 bits per heavy atom. The number of hydrogen-bond acceptors (Lipinski definition) is 5. The first kappa shape index (κ1) is 17.9. The lowest BCUT2D eigenvalue weighted by Gasteiger charge is -2.35. The normalized spacial score (nSPS) is 23.8. The molecule has 126 valence electrons. The molecule has 2 atom stereocenters. The van der Waals surface area contributed by atoms with Gasteiger partial charge in [-0.25, -0.2) is 13.1 Å². The van der Waals surface area contributed by atoms with Gasteiger partial charge < -0.3 is 4.74 Å². The first-order valence-electron chi connectivity index (χ1n) is 7.87. The van der Waals surface area contributed by atoms with Gasteiger partial charge in [-0.3, -0.25) is 4.90 Å². The second-order valence-electron chi connectivity index (χ2n) is 5.84. The molecule has 0 aromatic carbocycles. The van der Waals surface area contributed by atoms with Crippen molar-refractivity contribution in [3.05, 3.63) is 17.0 Å². The van der Waals surface area contributed by atoms with E-state index in [0.29, 0.717) is 10.8 Å². The summed E-state index contributed by atoms with van der Waals surface area (Å²) in [5.74, 6) is 0. The van der Waals surface area contributed by atoms with E-state index in [9.17, 15) is 8.42 Å². The smallest absolute Gasteiger partial charge is 0.250 e. The molecule has 0 spiro atoms. The van der Waals surface area contributed by atoms with Crippen LogP contribution in [0.2, 0.25) is 0 Å². The molecule has 1 saturated heterocycles. The second-order valence-corrected chi connectivity index (χ2v) is 9.00. The fourth-order valence-electron chi connectivity index (χ4n) is 2.74. The third-order valence-corrected chi connectivity index (χ3v) is 6.87. The van der Waals surface area contributed by atoms with Crippen molar-refractivity contribution in [2.75, 3.05) is 26.2 Å². The van der Waals surface area contributed by atoms with E-state index in [2.05, 4.69) is 23.5 Å². The van der Waals surface area contributed by atoms with Crippen LogP contribution in [0.15, 0.2) is 16.3 Å². The Labute approximate surface area is 137 Å². The van der Waals surface area contributed by atoms with Gasteiger partial charge in [0.1, 0.15) is 4.21 Å². The SMILES string of the molecule is CCc1ccc(S(=O)(=O)NCCCN2CC(C)OC(C)C2)s1. The maximum atomic E-state index is 12.2. The van der Waals surface area contributed by atoms with Crippen molar-refractivity contribution in [3.8, 4) is 0 Å². The number of nitrogens with one attached hydrogen (secondary N) is 1. The standard InChI is InChI=1S/C15H26N2O3S2/c1-4-14-6-7-15(21-14)22(18,19)16-8-5-9-17-10-12(2)20-13(3)11-17/h6-7,12-13,16H,4-5,8-11H2,1-3H3. The number of aryl methyl sites for hydroxylation is 1. The van der Waals surface area contributed by atoms with E-state index >= 15 is 0 Å². The van der Waals surface area contributed by atoms with Crippen LogP contribution in [0.4, 0.5) is 0 Å². The van der Waals surface area contributed by atoms with Gasteiger partial charge in [-0.15, -0.1) is 11.3 Å². The summed E-state index contributed by atoms with van der Waals surface area (Å²) in [6, 6.07) is 3.58. The molecule has 1 aliphatic rings. The lowest BCUT2D eigenvalue weighted by atomic mass is 10.2. The first-order valence-corrected chi connectivity index (χ1v) is 10.2. The Hall–Kier alpha value is -0.470. The number of ether oxygens (including phenoxy) is 1. The summed E-state index contributed by atoms with van der Waals surface area (Å²) in [7, 11) is -3.35. The van der Waals surface area contributed by atoms with E-state index in [1.807, 2.05) is 13.0 Å². The van der Waals surface area contributed by atoms with Crippen LogP contribution in [-0.2, 0) is 21.2 Å². The first-order chi connectivity index (χ1) is 10.4. The van der Waals surface area contributed by atoms with Crippen molar-refractivity contribution in [2.24, 2.45) is 0 Å². The molecule has 1 aromatic heterocycles. The lowest BCUT2D eigenvalue weighted by molar-refractivity contribution is -0.0679. The number of thiophene rings is 1. The minimum Gasteiger partial charge on any atom is -0.373 e. The lowest BCUT2D eigenvalue weighted by Crippen LogP contribution is -2.46. The topological polar surface area (TPSA) is 58.6 Å². The molecular formula is C15H26N2O3S2. The Morgan fingerprint density at radius 1 is 1.32 bits per heavy atom. The van der Waals surface area contributed by atoms with Gasteiger partial charge in [0.05, 0.1) is 12.2 Å². The van der Waals surface area contributed by atoms with E-state index in [-0.39, 0.29) is 12.2 Å². The summed E-state index contributed by atoms with van der Waals surface area (Å²) in [5, 5.41) is 0. The predicted octanol–water partition coefficient (Wildman–Crippen LogP) is 2.09. The highest BCUT2D eigenvalue weighted by molar-refractivity contribution is 7.91. The van der Waals surface area contributed by atoms with Crippen LogP contribution in [0, 0.1) is 0 Å². The highest BCUT2D eigenvalue weighted by Gasteiger charge is 2.22. The summed E-state index contributed by atoms with van der Waals surface area (Å²) in [6.45, 7) is 9.39. The van der Waals surface area contributed by atoms with Crippen LogP contribution in [-0.4, -0.2) is 51.7 Å². The van der Waals surface area contributed by atoms with Crippen molar-refractivity contribution in [2.45, 2.75) is 50.0 Å². The molecule has 0 bridgehead atoms. The molecule has 1 aromatic rings. The van der Waals surface area contributed by atoms with Gasteiger partial charge in [-0.2, -0.15) is 0 Å².